The Morgan fingerprint density at radius 2 is 2.06 bits per heavy atom. The molecule has 3 nitrogen and oxygen atoms in total. The van der Waals surface area contributed by atoms with E-state index in [0.717, 1.165) is 0 Å². The number of aliphatic imine (C=N–C) groups is 1. The largest absolute Gasteiger partial charge is 0.370 e. The van der Waals surface area contributed by atoms with Crippen LogP contribution in [0, 0.1) is 6.92 Å². The lowest BCUT2D eigenvalue weighted by Crippen LogP contribution is -2.44. The SMILES string of the molecule is CSc1cc(C)ccc1CN=C(N)NC(C)(C)C. The number of benzene rings is 1. The van der Waals surface area contributed by atoms with Gasteiger partial charge in [0.25, 0.3) is 0 Å². The molecule has 0 unspecified atom stereocenters. The normalized spacial score (nSPS) is 12.6. The van der Waals surface area contributed by atoms with Crippen molar-refractivity contribution in [2.45, 2.75) is 44.7 Å². The molecule has 1 aromatic carbocycles. The lowest BCUT2D eigenvalue weighted by atomic mass is 10.1. The van der Waals surface area contributed by atoms with Crippen LogP contribution < -0.4 is 11.1 Å². The number of guanidine groups is 1. The van der Waals surface area contributed by atoms with Crippen LogP contribution >= 0.6 is 11.8 Å². The average molecular weight is 265 g/mol. The molecule has 0 fully saturated rings. The molecule has 1 aromatic rings. The molecular formula is C14H23N3S. The highest BCUT2D eigenvalue weighted by Crippen LogP contribution is 2.22. The van der Waals surface area contributed by atoms with E-state index >= 15 is 0 Å². The van der Waals surface area contributed by atoms with Crippen molar-refractivity contribution in [1.82, 2.24) is 5.32 Å². The molecule has 0 saturated heterocycles. The summed E-state index contributed by atoms with van der Waals surface area (Å²) < 4.78 is 0. The molecule has 3 N–H and O–H groups in total. The molecular weight excluding hydrogens is 242 g/mol. The fraction of sp³-hybridized carbons (Fsp3) is 0.500. The van der Waals surface area contributed by atoms with Gasteiger partial charge >= 0.3 is 0 Å². The predicted octanol–water partition coefficient (Wildman–Crippen LogP) is 2.92. The van der Waals surface area contributed by atoms with Crippen molar-refractivity contribution < 1.29 is 0 Å². The minimum Gasteiger partial charge on any atom is -0.370 e. The summed E-state index contributed by atoms with van der Waals surface area (Å²) in [6, 6.07) is 6.41. The maximum absolute atomic E-state index is 5.86. The van der Waals surface area contributed by atoms with Gasteiger partial charge in [0.15, 0.2) is 5.96 Å². The van der Waals surface area contributed by atoms with Crippen LogP contribution in [0.25, 0.3) is 0 Å². The van der Waals surface area contributed by atoms with Crippen molar-refractivity contribution in [1.29, 1.82) is 0 Å². The first-order valence-corrected chi connectivity index (χ1v) is 7.26. The van der Waals surface area contributed by atoms with Gasteiger partial charge in [0, 0.05) is 10.4 Å². The average Bonchev–Trinajstić information content (AvgIpc) is 2.24. The Kier molecular flexibility index (Phi) is 5.08. The van der Waals surface area contributed by atoms with Crippen LogP contribution in [0.3, 0.4) is 0 Å². The first-order valence-electron chi connectivity index (χ1n) is 6.03. The Morgan fingerprint density at radius 3 is 2.61 bits per heavy atom. The Hall–Kier alpha value is -1.16. The molecule has 0 bridgehead atoms. The first kappa shape index (κ1) is 14.9. The summed E-state index contributed by atoms with van der Waals surface area (Å²) in [5.74, 6) is 0.495. The molecule has 0 saturated carbocycles. The number of nitrogens with two attached hydrogens (primary N) is 1. The Bertz CT molecular complexity index is 433. The molecule has 0 aromatic heterocycles. The lowest BCUT2D eigenvalue weighted by Gasteiger charge is -2.21. The highest BCUT2D eigenvalue weighted by molar-refractivity contribution is 7.98. The monoisotopic (exact) mass is 265 g/mol. The minimum absolute atomic E-state index is 0.0524. The molecule has 0 aliphatic rings. The van der Waals surface area contributed by atoms with Gasteiger partial charge in [-0.05, 0) is 51.1 Å². The number of hydrogen-bond acceptors (Lipinski definition) is 2. The van der Waals surface area contributed by atoms with Crippen molar-refractivity contribution in [3.8, 4) is 0 Å². The highest BCUT2D eigenvalue weighted by atomic mass is 32.2. The number of hydrogen-bond donors (Lipinski definition) is 2. The fourth-order valence-electron chi connectivity index (χ4n) is 1.58. The molecule has 4 heteroatoms. The molecule has 100 valence electrons. The van der Waals surface area contributed by atoms with Gasteiger partial charge in [-0.1, -0.05) is 12.1 Å². The van der Waals surface area contributed by atoms with Crippen LogP contribution in [0.4, 0.5) is 0 Å². The van der Waals surface area contributed by atoms with Crippen molar-refractivity contribution in [2.24, 2.45) is 10.7 Å². The highest BCUT2D eigenvalue weighted by Gasteiger charge is 2.09. The summed E-state index contributed by atoms with van der Waals surface area (Å²) in [7, 11) is 0. The zero-order valence-electron chi connectivity index (χ0n) is 11.9. The van der Waals surface area contributed by atoms with Crippen molar-refractivity contribution in [3.05, 3.63) is 29.3 Å². The van der Waals surface area contributed by atoms with Crippen molar-refractivity contribution >= 4 is 17.7 Å². The van der Waals surface area contributed by atoms with E-state index < -0.39 is 0 Å². The maximum atomic E-state index is 5.86. The van der Waals surface area contributed by atoms with Gasteiger partial charge in [-0.25, -0.2) is 4.99 Å². The van der Waals surface area contributed by atoms with E-state index in [0.29, 0.717) is 12.5 Å². The minimum atomic E-state index is -0.0524. The van der Waals surface area contributed by atoms with Gasteiger partial charge in [0.1, 0.15) is 0 Å². The summed E-state index contributed by atoms with van der Waals surface area (Å²) in [4.78, 5) is 5.65. The molecule has 18 heavy (non-hydrogen) atoms. The Labute approximate surface area is 114 Å². The smallest absolute Gasteiger partial charge is 0.189 e. The van der Waals surface area contributed by atoms with Crippen LogP contribution in [0.1, 0.15) is 31.9 Å². The van der Waals surface area contributed by atoms with Crippen LogP contribution in [0.15, 0.2) is 28.1 Å². The summed E-state index contributed by atoms with van der Waals surface area (Å²) >= 11 is 1.74. The van der Waals surface area contributed by atoms with E-state index in [9.17, 15) is 0 Å². The van der Waals surface area contributed by atoms with Gasteiger partial charge < -0.3 is 11.1 Å². The molecule has 0 aliphatic heterocycles. The van der Waals surface area contributed by atoms with Crippen molar-refractivity contribution in [2.75, 3.05) is 6.26 Å². The quantitative estimate of drug-likeness (QED) is 0.502. The number of aryl methyl sites for hydroxylation is 1. The molecule has 0 aliphatic carbocycles. The fourth-order valence-corrected chi connectivity index (χ4v) is 2.28. The van der Waals surface area contributed by atoms with Gasteiger partial charge in [-0.15, -0.1) is 11.8 Å². The standard InChI is InChI=1S/C14H23N3S/c1-10-6-7-11(12(8-10)18-5)9-16-13(15)17-14(2,3)4/h6-8H,9H2,1-5H3,(H3,15,16,17). The van der Waals surface area contributed by atoms with Gasteiger partial charge in [-0.3, -0.25) is 0 Å². The lowest BCUT2D eigenvalue weighted by molar-refractivity contribution is 0.508. The van der Waals surface area contributed by atoms with E-state index in [2.05, 4.69) is 62.5 Å². The molecule has 0 radical (unpaired) electrons. The molecule has 0 amide bonds. The zero-order valence-corrected chi connectivity index (χ0v) is 12.7. The van der Waals surface area contributed by atoms with Crippen LogP contribution in [0.2, 0.25) is 0 Å². The van der Waals surface area contributed by atoms with Crippen molar-refractivity contribution in [3.63, 3.8) is 0 Å². The van der Waals surface area contributed by atoms with Crippen LogP contribution in [0.5, 0.6) is 0 Å². The third-order valence-corrected chi connectivity index (χ3v) is 3.19. The molecule has 0 atom stereocenters. The predicted molar refractivity (Wildman–Crippen MR) is 81.2 cm³/mol. The van der Waals surface area contributed by atoms with E-state index in [1.54, 1.807) is 11.8 Å². The Morgan fingerprint density at radius 1 is 1.39 bits per heavy atom. The topological polar surface area (TPSA) is 50.4 Å². The van der Waals surface area contributed by atoms with Crippen LogP contribution in [-0.4, -0.2) is 17.8 Å². The maximum Gasteiger partial charge on any atom is 0.189 e. The van der Waals surface area contributed by atoms with E-state index in [1.165, 1.54) is 16.0 Å². The number of nitrogens with zero attached hydrogens (tertiary/aromatic N) is 1. The third kappa shape index (κ3) is 5.00. The number of thioether (sulfide) groups is 1. The number of rotatable bonds is 3. The second kappa shape index (κ2) is 6.14. The van der Waals surface area contributed by atoms with E-state index in [4.69, 9.17) is 5.73 Å². The van der Waals surface area contributed by atoms with E-state index in [-0.39, 0.29) is 5.54 Å². The summed E-state index contributed by atoms with van der Waals surface area (Å²) in [6.45, 7) is 8.91. The molecule has 0 heterocycles. The van der Waals surface area contributed by atoms with Gasteiger partial charge in [0.2, 0.25) is 0 Å². The summed E-state index contributed by atoms with van der Waals surface area (Å²) in [5, 5.41) is 3.16. The van der Waals surface area contributed by atoms with Gasteiger partial charge in [0.05, 0.1) is 6.54 Å². The third-order valence-electron chi connectivity index (χ3n) is 2.37. The molecule has 0 spiro atoms. The van der Waals surface area contributed by atoms with Gasteiger partial charge in [-0.2, -0.15) is 0 Å². The second-order valence-corrected chi connectivity index (χ2v) is 6.24. The Balaban J connectivity index is 2.76. The second-order valence-electron chi connectivity index (χ2n) is 5.39. The summed E-state index contributed by atoms with van der Waals surface area (Å²) in [5.41, 5.74) is 8.29. The first-order chi connectivity index (χ1) is 8.31. The number of nitrogens with one attached hydrogen (secondary N) is 1. The van der Waals surface area contributed by atoms with Crippen LogP contribution in [-0.2, 0) is 6.54 Å². The zero-order chi connectivity index (χ0) is 13.8. The summed E-state index contributed by atoms with van der Waals surface area (Å²) in [6.07, 6.45) is 2.08. The molecule has 1 rings (SSSR count). The van der Waals surface area contributed by atoms with E-state index in [1.807, 2.05) is 0 Å².